The quantitative estimate of drug-likeness (QED) is 0.361. The number of benzene rings is 3. The molecule has 2 aliphatic rings. The molecule has 1 aliphatic heterocycles. The average molecular weight is 481 g/mol. The summed E-state index contributed by atoms with van der Waals surface area (Å²) in [4.78, 5) is 0. The predicted molar refractivity (Wildman–Crippen MR) is 131 cm³/mol. The molecule has 2 atom stereocenters. The van der Waals surface area contributed by atoms with Gasteiger partial charge in [0.05, 0.1) is 12.7 Å². The summed E-state index contributed by atoms with van der Waals surface area (Å²) in [6, 6.07) is 16.2. The highest BCUT2D eigenvalue weighted by Crippen LogP contribution is 2.40. The Hall–Kier alpha value is -2.63. The van der Waals surface area contributed by atoms with E-state index in [1.54, 1.807) is 31.2 Å². The van der Waals surface area contributed by atoms with Gasteiger partial charge in [-0.05, 0) is 85.6 Å². The standard InChI is InChI=1S/C30H31F3O2/c1-18(34)21-9-11-23(12-10-21)25-15-14-24(29(32)30(25)33)22-7-4-19(5-8-22)2-3-20-6-13-26(27(31)16-20)28-17-35-28/h4-8,13-16,18,21,23,28,34H,2-3,9-12,17H2,1H3. The summed E-state index contributed by atoms with van der Waals surface area (Å²) in [7, 11) is 0. The molecule has 5 heteroatoms. The topological polar surface area (TPSA) is 32.8 Å². The van der Waals surface area contributed by atoms with Crippen LogP contribution >= 0.6 is 0 Å². The zero-order chi connectivity index (χ0) is 24.5. The summed E-state index contributed by atoms with van der Waals surface area (Å²) >= 11 is 0. The van der Waals surface area contributed by atoms with Crippen molar-refractivity contribution in [2.45, 2.75) is 63.6 Å². The van der Waals surface area contributed by atoms with Crippen LogP contribution in [0.3, 0.4) is 0 Å². The van der Waals surface area contributed by atoms with E-state index in [-0.39, 0.29) is 35.4 Å². The predicted octanol–water partition coefficient (Wildman–Crippen LogP) is 7.28. The number of hydrogen-bond donors (Lipinski definition) is 1. The van der Waals surface area contributed by atoms with E-state index in [4.69, 9.17) is 4.74 Å². The normalized spacial score (nSPS) is 22.7. The first-order valence-corrected chi connectivity index (χ1v) is 12.6. The van der Waals surface area contributed by atoms with Crippen molar-refractivity contribution in [3.8, 4) is 11.1 Å². The molecular formula is C30H31F3O2. The van der Waals surface area contributed by atoms with Crippen LogP contribution in [0.15, 0.2) is 54.6 Å². The molecular weight excluding hydrogens is 449 g/mol. The number of rotatable bonds is 7. The van der Waals surface area contributed by atoms with E-state index in [9.17, 15) is 9.50 Å². The average Bonchev–Trinajstić information content (AvgIpc) is 3.70. The Bertz CT molecular complexity index is 1180. The van der Waals surface area contributed by atoms with E-state index in [1.165, 1.54) is 0 Å². The van der Waals surface area contributed by atoms with Crippen molar-refractivity contribution >= 4 is 0 Å². The van der Waals surface area contributed by atoms with Gasteiger partial charge in [-0.2, -0.15) is 0 Å². The molecule has 1 heterocycles. The molecule has 1 saturated carbocycles. The van der Waals surface area contributed by atoms with Gasteiger partial charge in [-0.15, -0.1) is 0 Å². The minimum atomic E-state index is -0.803. The summed E-state index contributed by atoms with van der Waals surface area (Å²) in [6.07, 6.45) is 4.16. The molecule has 0 radical (unpaired) electrons. The van der Waals surface area contributed by atoms with Crippen molar-refractivity contribution in [3.63, 3.8) is 0 Å². The van der Waals surface area contributed by atoms with Gasteiger partial charge < -0.3 is 9.84 Å². The number of aryl methyl sites for hydroxylation is 2. The third kappa shape index (κ3) is 5.31. The zero-order valence-electron chi connectivity index (χ0n) is 19.9. The number of halogens is 3. The maximum Gasteiger partial charge on any atom is 0.166 e. The largest absolute Gasteiger partial charge is 0.393 e. The summed E-state index contributed by atoms with van der Waals surface area (Å²) < 4.78 is 49.5. The lowest BCUT2D eigenvalue weighted by molar-refractivity contribution is 0.0964. The van der Waals surface area contributed by atoms with E-state index in [0.29, 0.717) is 29.7 Å². The lowest BCUT2D eigenvalue weighted by Crippen LogP contribution is -2.23. The fourth-order valence-electron chi connectivity index (χ4n) is 5.37. The van der Waals surface area contributed by atoms with Crippen LogP contribution in [0.4, 0.5) is 13.2 Å². The monoisotopic (exact) mass is 480 g/mol. The first-order valence-electron chi connectivity index (χ1n) is 12.6. The number of ether oxygens (including phenoxy) is 1. The molecule has 2 nitrogen and oxygen atoms in total. The lowest BCUT2D eigenvalue weighted by Gasteiger charge is -2.30. The van der Waals surface area contributed by atoms with Crippen LogP contribution in [0, 0.1) is 23.4 Å². The summed E-state index contributed by atoms with van der Waals surface area (Å²) in [6.45, 7) is 2.38. The van der Waals surface area contributed by atoms with Crippen LogP contribution in [0.25, 0.3) is 11.1 Å². The Kier molecular flexibility index (Phi) is 6.99. The number of aliphatic hydroxyl groups excluding tert-OH is 1. The highest BCUT2D eigenvalue weighted by Gasteiger charge is 2.29. The number of hydrogen-bond acceptors (Lipinski definition) is 2. The highest BCUT2D eigenvalue weighted by molar-refractivity contribution is 5.65. The smallest absolute Gasteiger partial charge is 0.166 e. The second kappa shape index (κ2) is 10.2. The van der Waals surface area contributed by atoms with Gasteiger partial charge in [-0.25, -0.2) is 13.2 Å². The Morgan fingerprint density at radius 2 is 1.46 bits per heavy atom. The molecule has 2 unspecified atom stereocenters. The highest BCUT2D eigenvalue weighted by atomic mass is 19.2. The van der Waals surface area contributed by atoms with Crippen LogP contribution in [0.1, 0.15) is 66.9 Å². The van der Waals surface area contributed by atoms with Crippen LogP contribution in [-0.4, -0.2) is 17.8 Å². The maximum absolute atomic E-state index is 15.0. The van der Waals surface area contributed by atoms with Crippen LogP contribution in [0.5, 0.6) is 0 Å². The van der Waals surface area contributed by atoms with Gasteiger partial charge in [0.15, 0.2) is 11.6 Å². The second-order valence-electron chi connectivity index (χ2n) is 10.1. The molecule has 3 aromatic rings. The molecule has 2 fully saturated rings. The first-order chi connectivity index (χ1) is 16.9. The van der Waals surface area contributed by atoms with E-state index in [1.807, 2.05) is 30.3 Å². The van der Waals surface area contributed by atoms with Crippen molar-refractivity contribution in [1.29, 1.82) is 0 Å². The summed E-state index contributed by atoms with van der Waals surface area (Å²) in [5.74, 6) is -1.55. The van der Waals surface area contributed by atoms with Gasteiger partial charge >= 0.3 is 0 Å². The maximum atomic E-state index is 15.0. The summed E-state index contributed by atoms with van der Waals surface area (Å²) in [5, 5.41) is 9.79. The van der Waals surface area contributed by atoms with Gasteiger partial charge in [0.1, 0.15) is 11.9 Å². The van der Waals surface area contributed by atoms with E-state index in [0.717, 1.165) is 43.2 Å². The fraction of sp³-hybridized carbons (Fsp3) is 0.400. The Balaban J connectivity index is 1.24. The molecule has 0 bridgehead atoms. The molecule has 1 N–H and O–H groups in total. The summed E-state index contributed by atoms with van der Waals surface area (Å²) in [5.41, 5.74) is 3.92. The van der Waals surface area contributed by atoms with Gasteiger partial charge in [-0.3, -0.25) is 0 Å². The Morgan fingerprint density at radius 1 is 0.829 bits per heavy atom. The third-order valence-electron chi connectivity index (χ3n) is 7.72. The molecule has 184 valence electrons. The van der Waals surface area contributed by atoms with Gasteiger partial charge in [0.2, 0.25) is 0 Å². The van der Waals surface area contributed by atoms with Crippen molar-refractivity contribution < 1.29 is 23.0 Å². The Labute approximate surface area is 204 Å². The second-order valence-corrected chi connectivity index (χ2v) is 10.1. The Morgan fingerprint density at radius 3 is 2.09 bits per heavy atom. The fourth-order valence-corrected chi connectivity index (χ4v) is 5.37. The van der Waals surface area contributed by atoms with Crippen LogP contribution < -0.4 is 0 Å². The lowest BCUT2D eigenvalue weighted by atomic mass is 9.76. The number of epoxide rings is 1. The minimum absolute atomic E-state index is 0.00775. The third-order valence-corrected chi connectivity index (χ3v) is 7.72. The van der Waals surface area contributed by atoms with Gasteiger partial charge in [0, 0.05) is 11.1 Å². The molecule has 5 rings (SSSR count). The van der Waals surface area contributed by atoms with Crippen molar-refractivity contribution in [2.24, 2.45) is 5.92 Å². The van der Waals surface area contributed by atoms with Crippen LogP contribution in [0.2, 0.25) is 0 Å². The van der Waals surface area contributed by atoms with Gasteiger partial charge in [0.25, 0.3) is 0 Å². The first kappa shape index (κ1) is 24.1. The minimum Gasteiger partial charge on any atom is -0.393 e. The van der Waals surface area contributed by atoms with Crippen molar-refractivity contribution in [2.75, 3.05) is 6.61 Å². The van der Waals surface area contributed by atoms with Crippen molar-refractivity contribution in [3.05, 3.63) is 94.3 Å². The molecule has 0 amide bonds. The SMILES string of the molecule is CC(O)C1CCC(c2ccc(-c3ccc(CCc4ccc(C5CO5)c(F)c4)cc3)c(F)c2F)CC1. The van der Waals surface area contributed by atoms with E-state index >= 15 is 8.78 Å². The van der Waals surface area contributed by atoms with Gasteiger partial charge in [-0.1, -0.05) is 48.5 Å². The van der Waals surface area contributed by atoms with E-state index < -0.39 is 11.6 Å². The zero-order valence-corrected chi connectivity index (χ0v) is 19.9. The number of aliphatic hydroxyl groups is 1. The van der Waals surface area contributed by atoms with E-state index in [2.05, 4.69) is 0 Å². The molecule has 0 spiro atoms. The molecule has 1 saturated heterocycles. The molecule has 1 aliphatic carbocycles. The van der Waals surface area contributed by atoms with Crippen molar-refractivity contribution in [1.82, 2.24) is 0 Å². The molecule has 3 aromatic carbocycles. The van der Waals surface area contributed by atoms with Crippen LogP contribution in [-0.2, 0) is 17.6 Å². The molecule has 35 heavy (non-hydrogen) atoms. The molecule has 0 aromatic heterocycles.